The van der Waals surface area contributed by atoms with Crippen molar-refractivity contribution >= 4 is 27.5 Å². The minimum absolute atomic E-state index is 0.0444. The first kappa shape index (κ1) is 31.9. The molecule has 0 aliphatic rings. The van der Waals surface area contributed by atoms with Crippen LogP contribution in [0.3, 0.4) is 0 Å². The number of amides is 2. The molecule has 0 saturated carbocycles. The van der Waals surface area contributed by atoms with E-state index in [-0.39, 0.29) is 29.3 Å². The molecule has 7 nitrogen and oxygen atoms in total. The highest BCUT2D eigenvalue weighted by atomic mass is 32.2. The lowest BCUT2D eigenvalue weighted by molar-refractivity contribution is -0.139. The van der Waals surface area contributed by atoms with E-state index in [2.05, 4.69) is 19.2 Å². The molecular formula is C33H43N3O4S. The monoisotopic (exact) mass is 577 g/mol. The van der Waals surface area contributed by atoms with Gasteiger partial charge in [-0.1, -0.05) is 88.4 Å². The molecule has 2 atom stereocenters. The van der Waals surface area contributed by atoms with Crippen molar-refractivity contribution < 1.29 is 18.0 Å². The molecule has 0 fully saturated rings. The van der Waals surface area contributed by atoms with Gasteiger partial charge in [-0.25, -0.2) is 8.42 Å². The lowest BCUT2D eigenvalue weighted by Gasteiger charge is -2.33. The Morgan fingerprint density at radius 3 is 1.93 bits per heavy atom. The number of hydrogen-bond donors (Lipinski definition) is 1. The summed E-state index contributed by atoms with van der Waals surface area (Å²) in [6.45, 7) is 9.76. The standard InChI is InChI=1S/C33H43N3O4S/c1-6-26(5)34-33(38)31(7-2)35(23-22-27-14-10-8-11-15-27)32(37)24-36(29-20-18-28(19-21-29)25(3)4)41(39,40)30-16-12-9-13-17-30/h8-21,25-26,31H,6-7,22-24H2,1-5H3,(H,34,38)/t26-,31-/m1/s1. The number of carbonyl (C=O) groups is 2. The fraction of sp³-hybridized carbons (Fsp3) is 0.394. The second kappa shape index (κ2) is 14.8. The van der Waals surface area contributed by atoms with Crippen molar-refractivity contribution in [1.82, 2.24) is 10.2 Å². The third-order valence-electron chi connectivity index (χ3n) is 7.33. The number of sulfonamides is 1. The van der Waals surface area contributed by atoms with Gasteiger partial charge in [0.15, 0.2) is 0 Å². The number of benzene rings is 3. The van der Waals surface area contributed by atoms with E-state index in [0.717, 1.165) is 21.9 Å². The van der Waals surface area contributed by atoms with Gasteiger partial charge in [0.2, 0.25) is 11.8 Å². The van der Waals surface area contributed by atoms with Gasteiger partial charge < -0.3 is 10.2 Å². The van der Waals surface area contributed by atoms with Crippen LogP contribution in [0.2, 0.25) is 0 Å². The molecule has 3 rings (SSSR count). The average molecular weight is 578 g/mol. The molecular weight excluding hydrogens is 534 g/mol. The molecule has 3 aromatic carbocycles. The number of nitrogens with one attached hydrogen (secondary N) is 1. The predicted octanol–water partition coefficient (Wildman–Crippen LogP) is 5.77. The van der Waals surface area contributed by atoms with Gasteiger partial charge in [-0.3, -0.25) is 13.9 Å². The highest BCUT2D eigenvalue weighted by Gasteiger charge is 2.33. The van der Waals surface area contributed by atoms with E-state index in [1.54, 1.807) is 35.2 Å². The quantitative estimate of drug-likeness (QED) is 0.264. The van der Waals surface area contributed by atoms with Crippen LogP contribution in [0.4, 0.5) is 5.69 Å². The first-order valence-corrected chi connectivity index (χ1v) is 15.8. The SMILES string of the molecule is CC[C@@H](C)NC(=O)[C@@H](CC)N(CCc1ccccc1)C(=O)CN(c1ccc(C(C)C)cc1)S(=O)(=O)c1ccccc1. The molecule has 0 saturated heterocycles. The van der Waals surface area contributed by atoms with Crippen LogP contribution in [0.5, 0.6) is 0 Å². The third kappa shape index (κ3) is 8.43. The van der Waals surface area contributed by atoms with E-state index < -0.39 is 28.5 Å². The summed E-state index contributed by atoms with van der Waals surface area (Å²) in [4.78, 5) is 29.1. The van der Waals surface area contributed by atoms with Gasteiger partial charge >= 0.3 is 0 Å². The van der Waals surface area contributed by atoms with E-state index in [1.807, 2.05) is 63.2 Å². The summed E-state index contributed by atoms with van der Waals surface area (Å²) in [6, 6.07) is 24.4. The summed E-state index contributed by atoms with van der Waals surface area (Å²) < 4.78 is 29.0. The van der Waals surface area contributed by atoms with Crippen LogP contribution >= 0.6 is 0 Å². The van der Waals surface area contributed by atoms with Crippen molar-refractivity contribution in [2.45, 2.75) is 76.8 Å². The van der Waals surface area contributed by atoms with E-state index >= 15 is 0 Å². The van der Waals surface area contributed by atoms with Crippen LogP contribution in [0.1, 0.15) is 64.5 Å². The summed E-state index contributed by atoms with van der Waals surface area (Å²) in [5.74, 6) is -0.394. The molecule has 0 bridgehead atoms. The fourth-order valence-electron chi connectivity index (χ4n) is 4.61. The predicted molar refractivity (Wildman–Crippen MR) is 165 cm³/mol. The smallest absolute Gasteiger partial charge is 0.264 e. The molecule has 0 radical (unpaired) electrons. The highest BCUT2D eigenvalue weighted by molar-refractivity contribution is 7.92. The Labute approximate surface area is 245 Å². The molecule has 0 aromatic heterocycles. The van der Waals surface area contributed by atoms with Crippen molar-refractivity contribution in [3.8, 4) is 0 Å². The van der Waals surface area contributed by atoms with Crippen LogP contribution in [-0.2, 0) is 26.0 Å². The summed E-state index contributed by atoms with van der Waals surface area (Å²) in [5, 5.41) is 3.01. The zero-order valence-electron chi connectivity index (χ0n) is 24.8. The Hall–Kier alpha value is -3.65. The highest BCUT2D eigenvalue weighted by Crippen LogP contribution is 2.26. The van der Waals surface area contributed by atoms with Gasteiger partial charge in [0, 0.05) is 12.6 Å². The van der Waals surface area contributed by atoms with E-state index in [0.29, 0.717) is 18.5 Å². The minimum Gasteiger partial charge on any atom is -0.352 e. The number of nitrogens with zero attached hydrogens (tertiary/aromatic N) is 2. The number of rotatable bonds is 14. The number of anilines is 1. The Morgan fingerprint density at radius 1 is 0.805 bits per heavy atom. The lowest BCUT2D eigenvalue weighted by Crippen LogP contribution is -2.54. The van der Waals surface area contributed by atoms with Crippen LogP contribution < -0.4 is 9.62 Å². The van der Waals surface area contributed by atoms with Crippen molar-refractivity contribution in [3.05, 3.63) is 96.1 Å². The van der Waals surface area contributed by atoms with Crippen molar-refractivity contribution in [2.75, 3.05) is 17.4 Å². The Kier molecular flexibility index (Phi) is 11.5. The largest absolute Gasteiger partial charge is 0.352 e. The molecule has 0 aliphatic carbocycles. The van der Waals surface area contributed by atoms with Crippen LogP contribution in [0, 0.1) is 0 Å². The summed E-state index contributed by atoms with van der Waals surface area (Å²) in [7, 11) is -4.07. The first-order valence-electron chi connectivity index (χ1n) is 14.4. The second-order valence-electron chi connectivity index (χ2n) is 10.6. The van der Waals surface area contributed by atoms with Crippen molar-refractivity contribution in [1.29, 1.82) is 0 Å². The normalized spacial score (nSPS) is 12.9. The van der Waals surface area contributed by atoms with E-state index in [4.69, 9.17) is 0 Å². The number of carbonyl (C=O) groups excluding carboxylic acids is 2. The molecule has 2 amide bonds. The topological polar surface area (TPSA) is 86.8 Å². The Morgan fingerprint density at radius 2 is 1.39 bits per heavy atom. The zero-order valence-corrected chi connectivity index (χ0v) is 25.6. The summed E-state index contributed by atoms with van der Waals surface area (Å²) >= 11 is 0. The van der Waals surface area contributed by atoms with Gasteiger partial charge in [0.1, 0.15) is 12.6 Å². The van der Waals surface area contributed by atoms with Crippen molar-refractivity contribution in [2.24, 2.45) is 0 Å². The van der Waals surface area contributed by atoms with Gasteiger partial charge in [0.05, 0.1) is 10.6 Å². The van der Waals surface area contributed by atoms with Crippen LogP contribution in [0.15, 0.2) is 89.8 Å². The molecule has 8 heteroatoms. The Balaban J connectivity index is 2.01. The maximum absolute atomic E-state index is 14.1. The third-order valence-corrected chi connectivity index (χ3v) is 9.12. The lowest BCUT2D eigenvalue weighted by atomic mass is 10.0. The molecule has 3 aromatic rings. The number of hydrogen-bond acceptors (Lipinski definition) is 4. The van der Waals surface area contributed by atoms with E-state index in [9.17, 15) is 18.0 Å². The molecule has 0 aliphatic heterocycles. The van der Waals surface area contributed by atoms with Crippen molar-refractivity contribution in [3.63, 3.8) is 0 Å². The molecule has 0 spiro atoms. The zero-order chi connectivity index (χ0) is 30.0. The van der Waals surface area contributed by atoms with E-state index in [1.165, 1.54) is 12.1 Å². The Bertz CT molecular complexity index is 1360. The molecule has 1 N–H and O–H groups in total. The minimum atomic E-state index is -4.07. The molecule has 0 heterocycles. The van der Waals surface area contributed by atoms with Gasteiger partial charge in [-0.15, -0.1) is 0 Å². The molecule has 41 heavy (non-hydrogen) atoms. The first-order chi connectivity index (χ1) is 19.6. The summed E-state index contributed by atoms with van der Waals surface area (Å²) in [5.41, 5.74) is 2.49. The maximum atomic E-state index is 14.1. The molecule has 220 valence electrons. The van der Waals surface area contributed by atoms with Crippen LogP contribution in [0.25, 0.3) is 0 Å². The van der Waals surface area contributed by atoms with Crippen LogP contribution in [-0.4, -0.2) is 50.3 Å². The summed E-state index contributed by atoms with van der Waals surface area (Å²) in [6.07, 6.45) is 1.70. The molecule has 0 unspecified atom stereocenters. The van der Waals surface area contributed by atoms with Gasteiger partial charge in [-0.05, 0) is 67.5 Å². The average Bonchev–Trinajstić information content (AvgIpc) is 2.98. The second-order valence-corrected chi connectivity index (χ2v) is 12.5. The maximum Gasteiger partial charge on any atom is 0.264 e. The van der Waals surface area contributed by atoms with Gasteiger partial charge in [-0.2, -0.15) is 0 Å². The fourth-order valence-corrected chi connectivity index (χ4v) is 6.05. The van der Waals surface area contributed by atoms with Gasteiger partial charge in [0.25, 0.3) is 10.0 Å².